The van der Waals surface area contributed by atoms with Gasteiger partial charge in [0, 0.05) is 16.5 Å². The third kappa shape index (κ3) is 3.39. The van der Waals surface area contributed by atoms with E-state index in [1.165, 1.54) is 0 Å². The van der Waals surface area contributed by atoms with Crippen molar-refractivity contribution in [2.45, 2.75) is 11.8 Å². The Morgan fingerprint density at radius 3 is 2.56 bits per heavy atom. The van der Waals surface area contributed by atoms with Crippen molar-refractivity contribution in [2.24, 2.45) is 0 Å². The number of carbonyl (C=O) groups is 1. The summed E-state index contributed by atoms with van der Waals surface area (Å²) in [6.45, 7) is 3.07. The van der Waals surface area contributed by atoms with Crippen molar-refractivity contribution < 1.29 is 18.8 Å². The number of benzene rings is 2. The molecule has 2 aromatic carbocycles. The second kappa shape index (κ2) is 6.64. The first-order valence-corrected chi connectivity index (χ1v) is 8.66. The number of rotatable bonds is 3. The van der Waals surface area contributed by atoms with Gasteiger partial charge in [0.05, 0.1) is 0 Å². The number of hydrogen-bond acceptors (Lipinski definition) is 6. The zero-order valence-corrected chi connectivity index (χ0v) is 14.3. The minimum atomic E-state index is -0.156. The van der Waals surface area contributed by atoms with Crippen molar-refractivity contribution in [3.05, 3.63) is 59.8 Å². The number of hydrogen-bond donors (Lipinski definition) is 0. The lowest BCUT2D eigenvalue weighted by Crippen LogP contribution is -2.15. The second-order valence-electron chi connectivity index (χ2n) is 5.64. The van der Waals surface area contributed by atoms with Crippen LogP contribution in [0.1, 0.15) is 16.1 Å². The summed E-state index contributed by atoms with van der Waals surface area (Å²) in [6, 6.07) is 14.9. The molecule has 0 amide bonds. The van der Waals surface area contributed by atoms with Crippen molar-refractivity contribution in [2.75, 3.05) is 13.2 Å². The smallest absolute Gasteiger partial charge is 0.246 e. The summed E-state index contributed by atoms with van der Waals surface area (Å²) in [5.74, 6) is 1.90. The van der Waals surface area contributed by atoms with Gasteiger partial charge in [-0.2, -0.15) is 0 Å². The molecule has 2 heterocycles. The van der Waals surface area contributed by atoms with Crippen molar-refractivity contribution in [3.8, 4) is 22.8 Å². The summed E-state index contributed by atoms with van der Waals surface area (Å²) in [7, 11) is 0. The predicted octanol–water partition coefficient (Wildman–Crippen LogP) is 4.35. The van der Waals surface area contributed by atoms with Crippen molar-refractivity contribution in [3.63, 3.8) is 0 Å². The zero-order chi connectivity index (χ0) is 17.2. The molecule has 126 valence electrons. The van der Waals surface area contributed by atoms with Crippen LogP contribution in [-0.4, -0.2) is 23.5 Å². The number of ether oxygens (including phenoxy) is 2. The highest BCUT2D eigenvalue weighted by Crippen LogP contribution is 2.35. The number of aryl methyl sites for hydroxylation is 1. The van der Waals surface area contributed by atoms with Gasteiger partial charge in [-0.1, -0.05) is 22.9 Å². The van der Waals surface area contributed by atoms with Gasteiger partial charge in [-0.25, -0.2) is 0 Å². The number of fused-ring (bicyclic) bond motifs is 1. The Hall–Kier alpha value is -2.73. The summed E-state index contributed by atoms with van der Waals surface area (Å²) in [5, 5.41) is 3.74. The lowest BCUT2D eigenvalue weighted by molar-refractivity contribution is 0.108. The lowest BCUT2D eigenvalue weighted by Gasteiger charge is -2.18. The molecule has 0 saturated heterocycles. The number of carbonyl (C=O) groups excluding carboxylic acids is 1. The largest absolute Gasteiger partial charge is 0.486 e. The monoisotopic (exact) mass is 353 g/mol. The zero-order valence-electron chi connectivity index (χ0n) is 13.5. The number of nitrogens with zero attached hydrogens (tertiary/aromatic N) is 1. The highest BCUT2D eigenvalue weighted by molar-refractivity contribution is 8.14. The maximum Gasteiger partial charge on any atom is 0.246 e. The quantitative estimate of drug-likeness (QED) is 0.652. The minimum absolute atomic E-state index is 0.156. The first-order chi connectivity index (χ1) is 12.2. The topological polar surface area (TPSA) is 61.6 Å². The third-order valence-corrected chi connectivity index (χ3v) is 4.68. The average molecular weight is 353 g/mol. The molecular weight excluding hydrogens is 338 g/mol. The molecule has 0 aliphatic carbocycles. The van der Waals surface area contributed by atoms with Crippen LogP contribution in [0.2, 0.25) is 0 Å². The Balaban J connectivity index is 1.53. The van der Waals surface area contributed by atoms with Crippen LogP contribution in [0.15, 0.2) is 57.9 Å². The van der Waals surface area contributed by atoms with Crippen LogP contribution < -0.4 is 9.47 Å². The Kier molecular flexibility index (Phi) is 4.19. The molecule has 0 bridgehead atoms. The molecule has 1 aliphatic heterocycles. The van der Waals surface area contributed by atoms with E-state index in [0.717, 1.165) is 27.8 Å². The van der Waals surface area contributed by atoms with Gasteiger partial charge in [0.15, 0.2) is 23.0 Å². The predicted molar refractivity (Wildman–Crippen MR) is 94.3 cm³/mol. The van der Waals surface area contributed by atoms with E-state index >= 15 is 0 Å². The molecule has 0 spiro atoms. The highest BCUT2D eigenvalue weighted by Gasteiger charge is 2.18. The van der Waals surface area contributed by atoms with Gasteiger partial charge in [0.2, 0.25) is 5.12 Å². The first-order valence-electron chi connectivity index (χ1n) is 7.85. The van der Waals surface area contributed by atoms with Crippen LogP contribution in [0.4, 0.5) is 0 Å². The van der Waals surface area contributed by atoms with E-state index in [1.807, 2.05) is 49.4 Å². The Morgan fingerprint density at radius 2 is 1.76 bits per heavy atom. The van der Waals surface area contributed by atoms with Crippen LogP contribution in [0.3, 0.4) is 0 Å². The van der Waals surface area contributed by atoms with Crippen LogP contribution in [0.25, 0.3) is 11.3 Å². The molecule has 3 aromatic rings. The Labute approximate surface area is 148 Å². The van der Waals surface area contributed by atoms with Crippen LogP contribution in [0.5, 0.6) is 11.5 Å². The minimum Gasteiger partial charge on any atom is -0.486 e. The molecule has 1 aliphatic rings. The molecule has 4 rings (SSSR count). The standard InChI is InChI=1S/C19H15NO4S/c1-12-2-5-14(6-3-12)25-19(21)15-11-17(24-20-15)13-4-7-16-18(10-13)23-9-8-22-16/h2-7,10-11H,8-9H2,1H3. The molecule has 0 N–H and O–H groups in total. The molecule has 1 aromatic heterocycles. The van der Waals surface area contributed by atoms with E-state index in [-0.39, 0.29) is 10.8 Å². The fourth-order valence-corrected chi connectivity index (χ4v) is 3.16. The van der Waals surface area contributed by atoms with Crippen molar-refractivity contribution in [1.82, 2.24) is 5.16 Å². The van der Waals surface area contributed by atoms with E-state index in [2.05, 4.69) is 5.16 Å². The fraction of sp³-hybridized carbons (Fsp3) is 0.158. The van der Waals surface area contributed by atoms with Crippen molar-refractivity contribution in [1.29, 1.82) is 0 Å². The average Bonchev–Trinajstić information content (AvgIpc) is 3.13. The summed E-state index contributed by atoms with van der Waals surface area (Å²) in [5.41, 5.74) is 2.23. The van der Waals surface area contributed by atoms with Gasteiger partial charge in [-0.15, -0.1) is 0 Å². The second-order valence-corrected chi connectivity index (χ2v) is 6.68. The van der Waals surface area contributed by atoms with E-state index in [0.29, 0.717) is 30.5 Å². The van der Waals surface area contributed by atoms with Gasteiger partial charge < -0.3 is 14.0 Å². The molecule has 0 atom stereocenters. The van der Waals surface area contributed by atoms with Gasteiger partial charge in [0.25, 0.3) is 0 Å². The van der Waals surface area contributed by atoms with E-state index in [1.54, 1.807) is 6.07 Å². The fourth-order valence-electron chi connectivity index (χ4n) is 2.47. The highest BCUT2D eigenvalue weighted by atomic mass is 32.2. The van der Waals surface area contributed by atoms with Crippen LogP contribution >= 0.6 is 11.8 Å². The van der Waals surface area contributed by atoms with Gasteiger partial charge in [-0.05, 0) is 49.0 Å². The summed E-state index contributed by atoms with van der Waals surface area (Å²) in [4.78, 5) is 13.2. The Morgan fingerprint density at radius 1 is 1.00 bits per heavy atom. The summed E-state index contributed by atoms with van der Waals surface area (Å²) >= 11 is 1.13. The molecule has 0 fully saturated rings. The summed E-state index contributed by atoms with van der Waals surface area (Å²) in [6.07, 6.45) is 0. The van der Waals surface area contributed by atoms with Crippen LogP contribution in [0, 0.1) is 6.92 Å². The molecule has 25 heavy (non-hydrogen) atoms. The molecule has 0 unspecified atom stereocenters. The molecule has 0 radical (unpaired) electrons. The maximum atomic E-state index is 12.4. The Bertz CT molecular complexity index is 917. The van der Waals surface area contributed by atoms with Gasteiger partial charge in [0.1, 0.15) is 13.2 Å². The van der Waals surface area contributed by atoms with Gasteiger partial charge >= 0.3 is 0 Å². The van der Waals surface area contributed by atoms with Gasteiger partial charge in [-0.3, -0.25) is 4.79 Å². The normalized spacial score (nSPS) is 12.8. The number of thioether (sulfide) groups is 1. The first kappa shape index (κ1) is 15.8. The SMILES string of the molecule is Cc1ccc(SC(=O)c2cc(-c3ccc4c(c3)OCCO4)on2)cc1. The van der Waals surface area contributed by atoms with E-state index < -0.39 is 0 Å². The molecule has 0 saturated carbocycles. The number of aromatic nitrogens is 1. The molecule has 6 heteroatoms. The maximum absolute atomic E-state index is 12.4. The van der Waals surface area contributed by atoms with E-state index in [9.17, 15) is 4.79 Å². The van der Waals surface area contributed by atoms with Crippen molar-refractivity contribution >= 4 is 16.9 Å². The lowest BCUT2D eigenvalue weighted by atomic mass is 10.1. The summed E-state index contributed by atoms with van der Waals surface area (Å²) < 4.78 is 16.4. The molecular formula is C19H15NO4S. The van der Waals surface area contributed by atoms with Crippen LogP contribution in [-0.2, 0) is 0 Å². The van der Waals surface area contributed by atoms with E-state index in [4.69, 9.17) is 14.0 Å². The third-order valence-electron chi connectivity index (χ3n) is 3.78. The molecule has 5 nitrogen and oxygen atoms in total.